The monoisotopic (exact) mass is 234 g/mol. The smallest absolute Gasteiger partial charge is 0.0363 e. The van der Waals surface area contributed by atoms with Gasteiger partial charge in [-0.15, -0.1) is 0 Å². The highest BCUT2D eigenvalue weighted by Crippen LogP contribution is 2.16. The highest BCUT2D eigenvalue weighted by atomic mass is 15.1. The molecule has 1 unspecified atom stereocenters. The van der Waals surface area contributed by atoms with Crippen molar-refractivity contribution in [3.05, 3.63) is 29.8 Å². The predicted molar refractivity (Wildman–Crippen MR) is 76.5 cm³/mol. The lowest BCUT2D eigenvalue weighted by molar-refractivity contribution is 0.539. The summed E-state index contributed by atoms with van der Waals surface area (Å²) in [6.07, 6.45) is 3.48. The third kappa shape index (κ3) is 4.78. The summed E-state index contributed by atoms with van der Waals surface area (Å²) < 4.78 is 0. The summed E-state index contributed by atoms with van der Waals surface area (Å²) in [5.74, 6) is 0.653. The van der Waals surface area contributed by atoms with Crippen LogP contribution < -0.4 is 10.6 Å². The standard InChI is InChI=1S/C15H26N2/c1-4-5-14-6-8-15(9-7-14)17(3)12-13(2)10-11-16/h6-9,13H,4-5,10-12,16H2,1-3H3. The lowest BCUT2D eigenvalue weighted by Crippen LogP contribution is -2.25. The van der Waals surface area contributed by atoms with E-state index in [-0.39, 0.29) is 0 Å². The van der Waals surface area contributed by atoms with Gasteiger partial charge in [-0.3, -0.25) is 0 Å². The normalized spacial score (nSPS) is 12.5. The molecule has 0 aliphatic heterocycles. The molecule has 0 aliphatic carbocycles. The second-order valence-electron chi connectivity index (χ2n) is 4.98. The van der Waals surface area contributed by atoms with Crippen LogP contribution >= 0.6 is 0 Å². The Morgan fingerprint density at radius 2 is 1.88 bits per heavy atom. The molecule has 0 saturated carbocycles. The molecule has 0 heterocycles. The van der Waals surface area contributed by atoms with Crippen LogP contribution in [0.3, 0.4) is 0 Å². The molecule has 0 aliphatic rings. The van der Waals surface area contributed by atoms with E-state index in [2.05, 4.69) is 50.1 Å². The van der Waals surface area contributed by atoms with E-state index in [9.17, 15) is 0 Å². The molecule has 1 rings (SSSR count). The molecule has 1 aromatic rings. The Bertz CT molecular complexity index is 305. The van der Waals surface area contributed by atoms with Crippen molar-refractivity contribution < 1.29 is 0 Å². The Balaban J connectivity index is 2.53. The summed E-state index contributed by atoms with van der Waals surface area (Å²) in [5.41, 5.74) is 8.31. The Labute approximate surface area is 106 Å². The van der Waals surface area contributed by atoms with Gasteiger partial charge in [0.2, 0.25) is 0 Å². The van der Waals surface area contributed by atoms with Crippen LogP contribution in [0, 0.1) is 5.92 Å². The van der Waals surface area contributed by atoms with Crippen molar-refractivity contribution in [2.75, 3.05) is 25.0 Å². The molecule has 0 fully saturated rings. The molecular formula is C15H26N2. The van der Waals surface area contributed by atoms with Gasteiger partial charge in [0.15, 0.2) is 0 Å². The minimum Gasteiger partial charge on any atom is -0.374 e. The third-order valence-corrected chi connectivity index (χ3v) is 3.16. The lowest BCUT2D eigenvalue weighted by atomic mass is 10.1. The van der Waals surface area contributed by atoms with Gasteiger partial charge in [0.05, 0.1) is 0 Å². The average molecular weight is 234 g/mol. The maximum atomic E-state index is 5.58. The molecule has 17 heavy (non-hydrogen) atoms. The maximum Gasteiger partial charge on any atom is 0.0363 e. The number of hydrogen-bond acceptors (Lipinski definition) is 2. The molecule has 1 atom stereocenters. The van der Waals surface area contributed by atoms with Crippen LogP contribution in [0.2, 0.25) is 0 Å². The summed E-state index contributed by atoms with van der Waals surface area (Å²) in [4.78, 5) is 2.32. The van der Waals surface area contributed by atoms with Crippen LogP contribution in [0.1, 0.15) is 32.3 Å². The number of hydrogen-bond donors (Lipinski definition) is 1. The third-order valence-electron chi connectivity index (χ3n) is 3.16. The van der Waals surface area contributed by atoms with E-state index in [1.807, 2.05) is 0 Å². The predicted octanol–water partition coefficient (Wildman–Crippen LogP) is 3.06. The molecule has 0 amide bonds. The Hall–Kier alpha value is -1.02. The summed E-state index contributed by atoms with van der Waals surface area (Å²) in [6.45, 7) is 6.33. The Morgan fingerprint density at radius 3 is 2.41 bits per heavy atom. The number of nitrogens with two attached hydrogens (primary N) is 1. The minimum absolute atomic E-state index is 0.653. The van der Waals surface area contributed by atoms with Crippen LogP contribution in [0.25, 0.3) is 0 Å². The molecule has 2 N–H and O–H groups in total. The van der Waals surface area contributed by atoms with Gasteiger partial charge in [-0.1, -0.05) is 32.4 Å². The fourth-order valence-electron chi connectivity index (χ4n) is 2.15. The van der Waals surface area contributed by atoms with Crippen LogP contribution in [-0.2, 0) is 6.42 Å². The zero-order valence-corrected chi connectivity index (χ0v) is 11.4. The quantitative estimate of drug-likeness (QED) is 0.785. The van der Waals surface area contributed by atoms with Crippen molar-refractivity contribution in [3.8, 4) is 0 Å². The van der Waals surface area contributed by atoms with Crippen molar-refractivity contribution in [1.29, 1.82) is 0 Å². The summed E-state index contributed by atoms with van der Waals surface area (Å²) >= 11 is 0. The van der Waals surface area contributed by atoms with E-state index in [1.54, 1.807) is 0 Å². The van der Waals surface area contributed by atoms with Crippen molar-refractivity contribution in [2.45, 2.75) is 33.1 Å². The number of benzene rings is 1. The van der Waals surface area contributed by atoms with Crippen LogP contribution in [-0.4, -0.2) is 20.1 Å². The molecule has 2 nitrogen and oxygen atoms in total. The van der Waals surface area contributed by atoms with Gasteiger partial charge in [0.1, 0.15) is 0 Å². The number of anilines is 1. The molecular weight excluding hydrogens is 208 g/mol. The molecule has 0 aromatic heterocycles. The first-order valence-corrected chi connectivity index (χ1v) is 6.67. The zero-order chi connectivity index (χ0) is 12.7. The fourth-order valence-corrected chi connectivity index (χ4v) is 2.15. The van der Waals surface area contributed by atoms with E-state index < -0.39 is 0 Å². The molecule has 0 spiro atoms. The second kappa shape index (κ2) is 7.33. The zero-order valence-electron chi connectivity index (χ0n) is 11.4. The van der Waals surface area contributed by atoms with E-state index >= 15 is 0 Å². The fraction of sp³-hybridized carbons (Fsp3) is 0.600. The van der Waals surface area contributed by atoms with Crippen molar-refractivity contribution >= 4 is 5.69 Å². The van der Waals surface area contributed by atoms with Gasteiger partial charge in [-0.2, -0.15) is 0 Å². The summed E-state index contributed by atoms with van der Waals surface area (Å²) in [6, 6.07) is 8.92. The first kappa shape index (κ1) is 14.0. The Kier molecular flexibility index (Phi) is 6.06. The maximum absolute atomic E-state index is 5.58. The lowest BCUT2D eigenvalue weighted by Gasteiger charge is -2.23. The first-order chi connectivity index (χ1) is 8.17. The second-order valence-corrected chi connectivity index (χ2v) is 4.98. The van der Waals surface area contributed by atoms with Crippen LogP contribution in [0.15, 0.2) is 24.3 Å². The number of rotatable bonds is 7. The summed E-state index contributed by atoms with van der Waals surface area (Å²) in [5, 5.41) is 0. The topological polar surface area (TPSA) is 29.3 Å². The van der Waals surface area contributed by atoms with Gasteiger partial charge >= 0.3 is 0 Å². The molecule has 0 bridgehead atoms. The average Bonchev–Trinajstić information content (AvgIpc) is 2.30. The highest BCUT2D eigenvalue weighted by molar-refractivity contribution is 5.46. The molecule has 0 radical (unpaired) electrons. The van der Waals surface area contributed by atoms with Crippen molar-refractivity contribution in [3.63, 3.8) is 0 Å². The van der Waals surface area contributed by atoms with Gasteiger partial charge < -0.3 is 10.6 Å². The molecule has 96 valence electrons. The SMILES string of the molecule is CCCc1ccc(N(C)CC(C)CCN)cc1. The highest BCUT2D eigenvalue weighted by Gasteiger charge is 2.06. The van der Waals surface area contributed by atoms with Crippen LogP contribution in [0.4, 0.5) is 5.69 Å². The van der Waals surface area contributed by atoms with E-state index in [0.29, 0.717) is 5.92 Å². The summed E-state index contributed by atoms with van der Waals surface area (Å²) in [7, 11) is 2.15. The van der Waals surface area contributed by atoms with Gasteiger partial charge in [0, 0.05) is 19.3 Å². The van der Waals surface area contributed by atoms with E-state index in [4.69, 9.17) is 5.73 Å². The minimum atomic E-state index is 0.653. The molecule has 0 saturated heterocycles. The largest absolute Gasteiger partial charge is 0.374 e. The van der Waals surface area contributed by atoms with E-state index in [0.717, 1.165) is 19.5 Å². The van der Waals surface area contributed by atoms with Crippen molar-refractivity contribution in [2.24, 2.45) is 11.7 Å². The molecule has 1 aromatic carbocycles. The molecule has 2 heteroatoms. The van der Waals surface area contributed by atoms with Crippen molar-refractivity contribution in [1.82, 2.24) is 0 Å². The Morgan fingerprint density at radius 1 is 1.24 bits per heavy atom. The van der Waals surface area contributed by atoms with Crippen LogP contribution in [0.5, 0.6) is 0 Å². The number of aryl methyl sites for hydroxylation is 1. The van der Waals surface area contributed by atoms with E-state index in [1.165, 1.54) is 24.1 Å². The van der Waals surface area contributed by atoms with Gasteiger partial charge in [0.25, 0.3) is 0 Å². The van der Waals surface area contributed by atoms with Gasteiger partial charge in [-0.25, -0.2) is 0 Å². The number of nitrogens with zero attached hydrogens (tertiary/aromatic N) is 1. The first-order valence-electron chi connectivity index (χ1n) is 6.67. The van der Waals surface area contributed by atoms with Gasteiger partial charge in [-0.05, 0) is 43.0 Å².